The number of carbonyl (C=O) groups excluding carboxylic acids is 1. The highest BCUT2D eigenvalue weighted by Gasteiger charge is 2.07. The van der Waals surface area contributed by atoms with E-state index in [9.17, 15) is 4.79 Å². The molecular formula is C10H13N5OS. The standard InChI is InChI=1S/C10H13N5OS/c1-6-7(4-13-15-6)3-12-9(16)2-8-5-17-10(11)14-8/h4-5H,2-3H2,1H3,(H2,11,14)(H,12,16)(H,13,15). The van der Waals surface area contributed by atoms with Crippen LogP contribution in [0.3, 0.4) is 0 Å². The van der Waals surface area contributed by atoms with Gasteiger partial charge in [0.2, 0.25) is 5.91 Å². The van der Waals surface area contributed by atoms with Gasteiger partial charge in [-0.3, -0.25) is 9.89 Å². The van der Waals surface area contributed by atoms with Gasteiger partial charge >= 0.3 is 0 Å². The molecule has 0 aromatic carbocycles. The van der Waals surface area contributed by atoms with E-state index in [1.54, 1.807) is 11.6 Å². The van der Waals surface area contributed by atoms with E-state index in [1.165, 1.54) is 11.3 Å². The van der Waals surface area contributed by atoms with Crippen LogP contribution in [0.2, 0.25) is 0 Å². The zero-order valence-corrected chi connectivity index (χ0v) is 10.2. The van der Waals surface area contributed by atoms with Gasteiger partial charge in [-0.1, -0.05) is 0 Å². The van der Waals surface area contributed by atoms with Gasteiger partial charge in [-0.15, -0.1) is 11.3 Å². The molecule has 2 aromatic rings. The maximum absolute atomic E-state index is 11.6. The third-order valence-corrected chi connectivity index (χ3v) is 3.04. The van der Waals surface area contributed by atoms with Crippen molar-refractivity contribution in [3.05, 3.63) is 28.5 Å². The summed E-state index contributed by atoms with van der Waals surface area (Å²) >= 11 is 1.34. The molecule has 90 valence electrons. The summed E-state index contributed by atoms with van der Waals surface area (Å²) in [5.41, 5.74) is 8.14. The number of H-pyrrole nitrogens is 1. The van der Waals surface area contributed by atoms with Gasteiger partial charge in [0.15, 0.2) is 5.13 Å². The SMILES string of the molecule is Cc1[nH]ncc1CNC(=O)Cc1csc(N)n1. The minimum atomic E-state index is -0.0732. The Balaban J connectivity index is 1.84. The van der Waals surface area contributed by atoms with Crippen molar-refractivity contribution < 1.29 is 4.79 Å². The lowest BCUT2D eigenvalue weighted by Gasteiger charge is -2.02. The number of nitrogen functional groups attached to an aromatic ring is 1. The van der Waals surface area contributed by atoms with Crippen LogP contribution in [0.1, 0.15) is 17.0 Å². The average Bonchev–Trinajstić information content (AvgIpc) is 2.85. The summed E-state index contributed by atoms with van der Waals surface area (Å²) in [4.78, 5) is 15.6. The van der Waals surface area contributed by atoms with Crippen LogP contribution in [-0.2, 0) is 17.8 Å². The van der Waals surface area contributed by atoms with Crippen LogP contribution in [0.25, 0.3) is 0 Å². The van der Waals surface area contributed by atoms with Crippen LogP contribution < -0.4 is 11.1 Å². The highest BCUT2D eigenvalue weighted by molar-refractivity contribution is 7.13. The van der Waals surface area contributed by atoms with E-state index < -0.39 is 0 Å². The molecule has 1 amide bonds. The lowest BCUT2D eigenvalue weighted by Crippen LogP contribution is -2.24. The van der Waals surface area contributed by atoms with Gasteiger partial charge < -0.3 is 11.1 Å². The number of carbonyl (C=O) groups is 1. The summed E-state index contributed by atoms with van der Waals surface area (Å²) in [6.07, 6.45) is 1.96. The number of aromatic nitrogens is 3. The minimum absolute atomic E-state index is 0.0732. The number of nitrogens with two attached hydrogens (primary N) is 1. The van der Waals surface area contributed by atoms with Crippen molar-refractivity contribution in [1.82, 2.24) is 20.5 Å². The first-order valence-corrected chi connectivity index (χ1v) is 5.98. The third-order valence-electron chi connectivity index (χ3n) is 2.32. The maximum Gasteiger partial charge on any atom is 0.226 e. The number of nitrogens with one attached hydrogen (secondary N) is 2. The molecule has 0 spiro atoms. The second-order valence-electron chi connectivity index (χ2n) is 3.65. The van der Waals surface area contributed by atoms with Gasteiger partial charge in [0.25, 0.3) is 0 Å². The molecule has 0 aliphatic carbocycles. The first-order chi connectivity index (χ1) is 8.15. The van der Waals surface area contributed by atoms with Crippen LogP contribution in [0.5, 0.6) is 0 Å². The van der Waals surface area contributed by atoms with Gasteiger partial charge in [-0.25, -0.2) is 4.98 Å². The Hall–Kier alpha value is -1.89. The van der Waals surface area contributed by atoms with E-state index in [0.29, 0.717) is 17.4 Å². The number of anilines is 1. The molecule has 2 heterocycles. The van der Waals surface area contributed by atoms with Crippen LogP contribution in [0.15, 0.2) is 11.6 Å². The number of hydrogen-bond donors (Lipinski definition) is 3. The summed E-state index contributed by atoms with van der Waals surface area (Å²) in [7, 11) is 0. The summed E-state index contributed by atoms with van der Waals surface area (Å²) in [6, 6.07) is 0. The zero-order chi connectivity index (χ0) is 12.3. The molecule has 17 heavy (non-hydrogen) atoms. The second-order valence-corrected chi connectivity index (χ2v) is 4.54. The molecule has 0 bridgehead atoms. The van der Waals surface area contributed by atoms with E-state index in [-0.39, 0.29) is 12.3 Å². The summed E-state index contributed by atoms with van der Waals surface area (Å²) in [5.74, 6) is -0.0732. The van der Waals surface area contributed by atoms with Crippen LogP contribution in [0, 0.1) is 6.92 Å². The van der Waals surface area contributed by atoms with E-state index in [0.717, 1.165) is 11.3 Å². The van der Waals surface area contributed by atoms with Crippen molar-refractivity contribution in [3.63, 3.8) is 0 Å². The highest BCUT2D eigenvalue weighted by atomic mass is 32.1. The first-order valence-electron chi connectivity index (χ1n) is 5.10. The Labute approximate surface area is 102 Å². The van der Waals surface area contributed by atoms with Crippen molar-refractivity contribution >= 4 is 22.4 Å². The molecular weight excluding hydrogens is 238 g/mol. The Kier molecular flexibility index (Phi) is 3.38. The lowest BCUT2D eigenvalue weighted by molar-refractivity contribution is -0.120. The minimum Gasteiger partial charge on any atom is -0.375 e. The molecule has 0 aliphatic heterocycles. The Morgan fingerprint density at radius 2 is 2.47 bits per heavy atom. The van der Waals surface area contributed by atoms with Crippen molar-refractivity contribution in [2.24, 2.45) is 0 Å². The van der Waals surface area contributed by atoms with Crippen LogP contribution in [0.4, 0.5) is 5.13 Å². The van der Waals surface area contributed by atoms with Crippen molar-refractivity contribution in [3.8, 4) is 0 Å². The molecule has 4 N–H and O–H groups in total. The van der Waals surface area contributed by atoms with E-state index in [4.69, 9.17) is 5.73 Å². The Morgan fingerprint density at radius 1 is 1.65 bits per heavy atom. The molecule has 0 fully saturated rings. The van der Waals surface area contributed by atoms with Gasteiger partial charge in [0, 0.05) is 23.2 Å². The molecule has 0 saturated carbocycles. The van der Waals surface area contributed by atoms with Gasteiger partial charge in [-0.2, -0.15) is 5.10 Å². The molecule has 0 aliphatic rings. The maximum atomic E-state index is 11.6. The molecule has 0 unspecified atom stereocenters. The van der Waals surface area contributed by atoms with Gasteiger partial charge in [0.05, 0.1) is 18.3 Å². The molecule has 0 saturated heterocycles. The average molecular weight is 251 g/mol. The van der Waals surface area contributed by atoms with Crippen molar-refractivity contribution in [2.45, 2.75) is 19.9 Å². The Bertz CT molecular complexity index is 518. The quantitative estimate of drug-likeness (QED) is 0.742. The number of aromatic amines is 1. The predicted molar refractivity (Wildman–Crippen MR) is 65.4 cm³/mol. The second kappa shape index (κ2) is 4.96. The highest BCUT2D eigenvalue weighted by Crippen LogP contribution is 2.11. The Morgan fingerprint density at radius 3 is 3.06 bits per heavy atom. The summed E-state index contributed by atoms with van der Waals surface area (Å²) < 4.78 is 0. The normalized spacial score (nSPS) is 10.4. The summed E-state index contributed by atoms with van der Waals surface area (Å²) in [5, 5.41) is 11.8. The topological polar surface area (TPSA) is 96.7 Å². The number of hydrogen-bond acceptors (Lipinski definition) is 5. The fraction of sp³-hybridized carbons (Fsp3) is 0.300. The fourth-order valence-electron chi connectivity index (χ4n) is 1.38. The largest absolute Gasteiger partial charge is 0.375 e. The molecule has 7 heteroatoms. The number of nitrogens with zero attached hydrogens (tertiary/aromatic N) is 2. The smallest absolute Gasteiger partial charge is 0.226 e. The van der Waals surface area contributed by atoms with Crippen LogP contribution >= 0.6 is 11.3 Å². The van der Waals surface area contributed by atoms with Gasteiger partial charge in [-0.05, 0) is 6.92 Å². The van der Waals surface area contributed by atoms with Gasteiger partial charge in [0.1, 0.15) is 0 Å². The molecule has 6 nitrogen and oxygen atoms in total. The monoisotopic (exact) mass is 251 g/mol. The van der Waals surface area contributed by atoms with E-state index >= 15 is 0 Å². The fourth-order valence-corrected chi connectivity index (χ4v) is 1.94. The third kappa shape index (κ3) is 3.04. The zero-order valence-electron chi connectivity index (χ0n) is 9.36. The van der Waals surface area contributed by atoms with Crippen LogP contribution in [-0.4, -0.2) is 21.1 Å². The molecule has 2 rings (SSSR count). The molecule has 0 atom stereocenters. The van der Waals surface area contributed by atoms with E-state index in [1.807, 2.05) is 6.92 Å². The molecule has 0 radical (unpaired) electrons. The van der Waals surface area contributed by atoms with Crippen molar-refractivity contribution in [2.75, 3.05) is 5.73 Å². The lowest BCUT2D eigenvalue weighted by atomic mass is 10.2. The first kappa shape index (κ1) is 11.6. The summed E-state index contributed by atoms with van der Waals surface area (Å²) in [6.45, 7) is 2.39. The van der Waals surface area contributed by atoms with Crippen molar-refractivity contribution in [1.29, 1.82) is 0 Å². The number of aryl methyl sites for hydroxylation is 1. The molecule has 2 aromatic heterocycles. The number of thiazole rings is 1. The number of rotatable bonds is 4. The predicted octanol–water partition coefficient (Wildman–Crippen LogP) is 0.616. The number of amides is 1. The van der Waals surface area contributed by atoms with E-state index in [2.05, 4.69) is 20.5 Å².